The first-order chi connectivity index (χ1) is 5.97. The van der Waals surface area contributed by atoms with Gasteiger partial charge in [-0.2, -0.15) is 0 Å². The summed E-state index contributed by atoms with van der Waals surface area (Å²) in [6.45, 7) is 8.96. The van der Waals surface area contributed by atoms with E-state index in [1.165, 1.54) is 6.08 Å². The summed E-state index contributed by atoms with van der Waals surface area (Å²) in [7, 11) is 0. The lowest BCUT2D eigenvalue weighted by molar-refractivity contribution is 0.119. The number of amides is 1. The predicted octanol–water partition coefficient (Wildman–Crippen LogP) is 1.09. The summed E-state index contributed by atoms with van der Waals surface area (Å²) >= 11 is 0. The SMILES string of the molecule is C=C[C@@H](O)CN(CC(=C)C)C(=O)O. The van der Waals surface area contributed by atoms with Crippen molar-refractivity contribution in [2.24, 2.45) is 0 Å². The van der Waals surface area contributed by atoms with Crippen LogP contribution in [0.2, 0.25) is 0 Å². The third-order valence-electron chi connectivity index (χ3n) is 1.41. The summed E-state index contributed by atoms with van der Waals surface area (Å²) in [4.78, 5) is 11.7. The normalized spacial score (nSPS) is 11.8. The van der Waals surface area contributed by atoms with E-state index < -0.39 is 12.2 Å². The van der Waals surface area contributed by atoms with E-state index in [1.54, 1.807) is 6.92 Å². The molecule has 2 N–H and O–H groups in total. The average molecular weight is 185 g/mol. The monoisotopic (exact) mass is 185 g/mol. The minimum absolute atomic E-state index is 0.0334. The van der Waals surface area contributed by atoms with Crippen LogP contribution in [-0.2, 0) is 0 Å². The van der Waals surface area contributed by atoms with Gasteiger partial charge in [0, 0.05) is 6.54 Å². The third-order valence-corrected chi connectivity index (χ3v) is 1.41. The minimum Gasteiger partial charge on any atom is -0.465 e. The van der Waals surface area contributed by atoms with Gasteiger partial charge in [-0.1, -0.05) is 18.2 Å². The molecule has 0 unspecified atom stereocenters. The first kappa shape index (κ1) is 11.7. The average Bonchev–Trinajstić information content (AvgIpc) is 2.02. The number of hydrogen-bond acceptors (Lipinski definition) is 2. The van der Waals surface area contributed by atoms with E-state index in [4.69, 9.17) is 10.2 Å². The standard InChI is InChI=1S/C9H15NO3/c1-4-8(11)6-10(9(12)13)5-7(2)3/h4,8,11H,1-2,5-6H2,3H3,(H,12,13)/t8-/m1/s1. The van der Waals surface area contributed by atoms with Gasteiger partial charge >= 0.3 is 6.09 Å². The van der Waals surface area contributed by atoms with Crippen LogP contribution in [0.3, 0.4) is 0 Å². The molecule has 4 nitrogen and oxygen atoms in total. The molecular weight excluding hydrogens is 170 g/mol. The smallest absolute Gasteiger partial charge is 0.407 e. The molecule has 0 aromatic rings. The lowest BCUT2D eigenvalue weighted by Crippen LogP contribution is -2.36. The Bertz CT molecular complexity index is 213. The molecule has 1 amide bonds. The van der Waals surface area contributed by atoms with Crippen molar-refractivity contribution in [1.82, 2.24) is 4.90 Å². The number of aliphatic hydroxyl groups is 1. The van der Waals surface area contributed by atoms with E-state index in [9.17, 15) is 4.79 Å². The van der Waals surface area contributed by atoms with Crippen LogP contribution in [0.15, 0.2) is 24.8 Å². The van der Waals surface area contributed by atoms with E-state index in [2.05, 4.69) is 13.2 Å². The van der Waals surface area contributed by atoms with E-state index >= 15 is 0 Å². The molecule has 74 valence electrons. The Kier molecular flexibility index (Phi) is 4.84. The zero-order valence-corrected chi connectivity index (χ0v) is 7.73. The van der Waals surface area contributed by atoms with Gasteiger partial charge in [0.1, 0.15) is 0 Å². The summed E-state index contributed by atoms with van der Waals surface area (Å²) in [5, 5.41) is 17.8. The maximum atomic E-state index is 10.6. The number of carbonyl (C=O) groups is 1. The van der Waals surface area contributed by atoms with E-state index in [0.717, 1.165) is 10.5 Å². The Balaban J connectivity index is 4.17. The zero-order chi connectivity index (χ0) is 10.4. The summed E-state index contributed by atoms with van der Waals surface area (Å²) in [6.07, 6.45) is -0.590. The summed E-state index contributed by atoms with van der Waals surface area (Å²) in [5.74, 6) is 0. The van der Waals surface area contributed by atoms with Crippen molar-refractivity contribution in [3.05, 3.63) is 24.8 Å². The first-order valence-electron chi connectivity index (χ1n) is 3.90. The quantitative estimate of drug-likeness (QED) is 0.630. The van der Waals surface area contributed by atoms with Crippen LogP contribution in [-0.4, -0.2) is 40.4 Å². The topological polar surface area (TPSA) is 60.8 Å². The van der Waals surface area contributed by atoms with Crippen molar-refractivity contribution in [3.63, 3.8) is 0 Å². The molecule has 0 spiro atoms. The highest BCUT2D eigenvalue weighted by atomic mass is 16.4. The van der Waals surface area contributed by atoms with Crippen molar-refractivity contribution in [1.29, 1.82) is 0 Å². The Morgan fingerprint density at radius 2 is 2.23 bits per heavy atom. The Hall–Kier alpha value is -1.29. The molecule has 0 saturated carbocycles. The van der Waals surface area contributed by atoms with Crippen molar-refractivity contribution in [2.75, 3.05) is 13.1 Å². The van der Waals surface area contributed by atoms with Crippen molar-refractivity contribution >= 4 is 6.09 Å². The molecule has 0 saturated heterocycles. The second-order valence-electron chi connectivity index (χ2n) is 2.92. The number of hydrogen-bond donors (Lipinski definition) is 2. The molecule has 0 radical (unpaired) electrons. The highest BCUT2D eigenvalue weighted by Gasteiger charge is 2.14. The molecule has 0 bridgehead atoms. The number of carboxylic acid groups (broad SMARTS) is 1. The van der Waals surface area contributed by atoms with Gasteiger partial charge in [-0.3, -0.25) is 0 Å². The molecule has 13 heavy (non-hydrogen) atoms. The van der Waals surface area contributed by atoms with E-state index in [-0.39, 0.29) is 13.1 Å². The Morgan fingerprint density at radius 3 is 2.54 bits per heavy atom. The van der Waals surface area contributed by atoms with E-state index in [0.29, 0.717) is 0 Å². The lowest BCUT2D eigenvalue weighted by atomic mass is 10.3. The van der Waals surface area contributed by atoms with Gasteiger partial charge in [0.2, 0.25) is 0 Å². The van der Waals surface area contributed by atoms with Gasteiger partial charge in [-0.05, 0) is 6.92 Å². The largest absolute Gasteiger partial charge is 0.465 e. The zero-order valence-electron chi connectivity index (χ0n) is 7.73. The molecule has 1 atom stereocenters. The molecule has 0 aliphatic heterocycles. The molecule has 0 aromatic carbocycles. The third kappa shape index (κ3) is 5.03. The van der Waals surface area contributed by atoms with Crippen LogP contribution in [0.4, 0.5) is 4.79 Å². The molecule has 4 heteroatoms. The van der Waals surface area contributed by atoms with Gasteiger partial charge in [-0.25, -0.2) is 4.79 Å². The van der Waals surface area contributed by atoms with Gasteiger partial charge in [-0.15, -0.1) is 6.58 Å². The van der Waals surface area contributed by atoms with E-state index in [1.807, 2.05) is 0 Å². The van der Waals surface area contributed by atoms with Gasteiger partial charge in [0.05, 0.1) is 12.6 Å². The predicted molar refractivity (Wildman–Crippen MR) is 50.6 cm³/mol. The van der Waals surface area contributed by atoms with Crippen LogP contribution in [0.5, 0.6) is 0 Å². The van der Waals surface area contributed by atoms with Crippen molar-refractivity contribution in [2.45, 2.75) is 13.0 Å². The number of nitrogens with zero attached hydrogens (tertiary/aromatic N) is 1. The molecular formula is C9H15NO3. The maximum Gasteiger partial charge on any atom is 0.407 e. The summed E-state index contributed by atoms with van der Waals surface area (Å²) < 4.78 is 0. The molecule has 0 fully saturated rings. The molecule has 0 aliphatic carbocycles. The molecule has 0 aliphatic rings. The fourth-order valence-electron chi connectivity index (χ4n) is 0.836. The second kappa shape index (κ2) is 5.37. The van der Waals surface area contributed by atoms with Gasteiger partial charge in [0.25, 0.3) is 0 Å². The summed E-state index contributed by atoms with van der Waals surface area (Å²) in [5.41, 5.74) is 0.735. The minimum atomic E-state index is -1.07. The van der Waals surface area contributed by atoms with Crippen molar-refractivity contribution < 1.29 is 15.0 Å². The fraction of sp³-hybridized carbons (Fsp3) is 0.444. The maximum absolute atomic E-state index is 10.6. The highest BCUT2D eigenvalue weighted by Crippen LogP contribution is 1.99. The van der Waals surface area contributed by atoms with Crippen LogP contribution >= 0.6 is 0 Å². The van der Waals surface area contributed by atoms with Gasteiger partial charge in [0.15, 0.2) is 0 Å². The van der Waals surface area contributed by atoms with Crippen LogP contribution in [0.25, 0.3) is 0 Å². The Morgan fingerprint density at radius 1 is 1.69 bits per heavy atom. The van der Waals surface area contributed by atoms with Crippen LogP contribution < -0.4 is 0 Å². The highest BCUT2D eigenvalue weighted by molar-refractivity contribution is 5.65. The lowest BCUT2D eigenvalue weighted by Gasteiger charge is -2.20. The fourth-order valence-corrected chi connectivity index (χ4v) is 0.836. The first-order valence-corrected chi connectivity index (χ1v) is 3.90. The molecule has 0 rings (SSSR count). The Labute approximate surface area is 77.8 Å². The van der Waals surface area contributed by atoms with Crippen molar-refractivity contribution in [3.8, 4) is 0 Å². The molecule has 0 aromatic heterocycles. The second-order valence-corrected chi connectivity index (χ2v) is 2.92. The number of rotatable bonds is 5. The molecule has 0 heterocycles. The van der Waals surface area contributed by atoms with Crippen LogP contribution in [0.1, 0.15) is 6.92 Å². The summed E-state index contributed by atoms with van der Waals surface area (Å²) in [6, 6.07) is 0. The number of aliphatic hydroxyl groups excluding tert-OH is 1. The van der Waals surface area contributed by atoms with Gasteiger partial charge < -0.3 is 15.1 Å². The van der Waals surface area contributed by atoms with Crippen LogP contribution in [0, 0.1) is 0 Å².